The van der Waals surface area contributed by atoms with Crippen LogP contribution in [-0.4, -0.2) is 0 Å². The fourth-order valence-corrected chi connectivity index (χ4v) is 6.20. The second kappa shape index (κ2) is 6.41. The SMILES string of the molecule is c1ccc2c(c1)-c1ccccc1-c1cc3sc4ccccc4c3cc1-c1ccccc1-2. The van der Waals surface area contributed by atoms with Gasteiger partial charge in [-0.1, -0.05) is 91.0 Å². The Labute approximate surface area is 185 Å². The van der Waals surface area contributed by atoms with Gasteiger partial charge in [-0.2, -0.15) is 0 Å². The first-order chi connectivity index (χ1) is 15.4. The molecule has 144 valence electrons. The Morgan fingerprint density at radius 2 is 0.742 bits per heavy atom. The van der Waals surface area contributed by atoms with Crippen LogP contribution in [-0.2, 0) is 0 Å². The highest BCUT2D eigenvalue weighted by molar-refractivity contribution is 7.25. The third-order valence-corrected chi connectivity index (χ3v) is 7.59. The Bertz CT molecular complexity index is 1630. The minimum atomic E-state index is 1.30. The van der Waals surface area contributed by atoms with Gasteiger partial charge in [0.1, 0.15) is 0 Å². The Morgan fingerprint density at radius 3 is 1.29 bits per heavy atom. The molecule has 1 heterocycles. The predicted octanol–water partition coefficient (Wildman–Crippen LogP) is 9.04. The maximum absolute atomic E-state index is 2.42. The summed E-state index contributed by atoms with van der Waals surface area (Å²) in [5.41, 5.74) is 10.4. The summed E-state index contributed by atoms with van der Waals surface area (Å²) in [6.45, 7) is 0. The molecule has 5 aromatic carbocycles. The normalized spacial score (nSPS) is 11.9. The highest BCUT2D eigenvalue weighted by Gasteiger charge is 2.22. The molecule has 0 aliphatic heterocycles. The molecule has 31 heavy (non-hydrogen) atoms. The van der Waals surface area contributed by atoms with Gasteiger partial charge in [-0.05, 0) is 62.7 Å². The lowest BCUT2D eigenvalue weighted by Gasteiger charge is -2.23. The van der Waals surface area contributed by atoms with E-state index in [1.54, 1.807) is 0 Å². The molecule has 7 rings (SSSR count). The van der Waals surface area contributed by atoms with Crippen LogP contribution in [0.25, 0.3) is 64.7 Å². The topological polar surface area (TPSA) is 0 Å². The monoisotopic (exact) mass is 410 g/mol. The first kappa shape index (κ1) is 17.0. The van der Waals surface area contributed by atoms with E-state index in [2.05, 4.69) is 109 Å². The quantitative estimate of drug-likeness (QED) is 0.234. The van der Waals surface area contributed by atoms with E-state index in [9.17, 15) is 0 Å². The van der Waals surface area contributed by atoms with Gasteiger partial charge in [0.2, 0.25) is 0 Å². The molecule has 0 fully saturated rings. The summed E-state index contributed by atoms with van der Waals surface area (Å²) in [5, 5.41) is 2.69. The summed E-state index contributed by atoms with van der Waals surface area (Å²) >= 11 is 1.89. The fourth-order valence-electron chi connectivity index (χ4n) is 5.08. The van der Waals surface area contributed by atoms with Crippen LogP contribution in [0.4, 0.5) is 0 Å². The average Bonchev–Trinajstić information content (AvgIpc) is 3.20. The maximum atomic E-state index is 2.42. The van der Waals surface area contributed by atoms with Gasteiger partial charge in [-0.25, -0.2) is 0 Å². The first-order valence-electron chi connectivity index (χ1n) is 10.6. The van der Waals surface area contributed by atoms with E-state index in [1.165, 1.54) is 64.7 Å². The molecule has 0 bridgehead atoms. The average molecular weight is 411 g/mol. The summed E-state index contributed by atoms with van der Waals surface area (Å²) in [6.07, 6.45) is 0. The molecule has 1 aliphatic carbocycles. The van der Waals surface area contributed by atoms with Crippen molar-refractivity contribution >= 4 is 31.5 Å². The van der Waals surface area contributed by atoms with E-state index >= 15 is 0 Å². The molecule has 0 atom stereocenters. The highest BCUT2D eigenvalue weighted by atomic mass is 32.1. The predicted molar refractivity (Wildman–Crippen MR) is 135 cm³/mol. The van der Waals surface area contributed by atoms with Crippen molar-refractivity contribution in [2.75, 3.05) is 0 Å². The van der Waals surface area contributed by atoms with Crippen LogP contribution in [0.1, 0.15) is 0 Å². The van der Waals surface area contributed by atoms with Gasteiger partial charge in [0.25, 0.3) is 0 Å². The van der Waals surface area contributed by atoms with Crippen LogP contribution in [0.2, 0.25) is 0 Å². The number of thiophene rings is 1. The van der Waals surface area contributed by atoms with Crippen LogP contribution in [0.3, 0.4) is 0 Å². The van der Waals surface area contributed by atoms with E-state index in [4.69, 9.17) is 0 Å². The Kier molecular flexibility index (Phi) is 3.52. The molecule has 1 aliphatic rings. The van der Waals surface area contributed by atoms with E-state index in [-0.39, 0.29) is 0 Å². The fraction of sp³-hybridized carbons (Fsp3) is 0. The van der Waals surface area contributed by atoms with Crippen molar-refractivity contribution in [2.45, 2.75) is 0 Å². The lowest BCUT2D eigenvalue weighted by atomic mass is 9.80. The van der Waals surface area contributed by atoms with Gasteiger partial charge >= 0.3 is 0 Å². The highest BCUT2D eigenvalue weighted by Crippen LogP contribution is 2.49. The van der Waals surface area contributed by atoms with E-state index < -0.39 is 0 Å². The smallest absolute Gasteiger partial charge is 0.0362 e. The van der Waals surface area contributed by atoms with E-state index in [0.717, 1.165) is 0 Å². The largest absolute Gasteiger partial charge is 0.135 e. The van der Waals surface area contributed by atoms with Crippen LogP contribution in [0.15, 0.2) is 109 Å². The third kappa shape index (κ3) is 2.41. The molecule has 0 radical (unpaired) electrons. The molecule has 0 spiro atoms. The Morgan fingerprint density at radius 1 is 0.323 bits per heavy atom. The molecule has 0 unspecified atom stereocenters. The van der Waals surface area contributed by atoms with Gasteiger partial charge in [-0.3, -0.25) is 0 Å². The van der Waals surface area contributed by atoms with E-state index in [1.807, 2.05) is 11.3 Å². The van der Waals surface area contributed by atoms with Gasteiger partial charge in [0.05, 0.1) is 0 Å². The Balaban J connectivity index is 1.70. The number of benzene rings is 5. The van der Waals surface area contributed by atoms with E-state index in [0.29, 0.717) is 0 Å². The van der Waals surface area contributed by atoms with Gasteiger partial charge in [0.15, 0.2) is 0 Å². The van der Waals surface area contributed by atoms with Crippen molar-refractivity contribution < 1.29 is 0 Å². The van der Waals surface area contributed by atoms with Crippen molar-refractivity contribution in [3.8, 4) is 44.5 Å². The molecule has 0 saturated carbocycles. The molecule has 1 heteroatoms. The van der Waals surface area contributed by atoms with Crippen molar-refractivity contribution in [3.63, 3.8) is 0 Å². The van der Waals surface area contributed by atoms with Crippen molar-refractivity contribution in [2.24, 2.45) is 0 Å². The van der Waals surface area contributed by atoms with Crippen molar-refractivity contribution in [1.29, 1.82) is 0 Å². The van der Waals surface area contributed by atoms with Gasteiger partial charge < -0.3 is 0 Å². The summed E-state index contributed by atoms with van der Waals surface area (Å²) in [4.78, 5) is 0. The molecular formula is C30H18S. The first-order valence-corrected chi connectivity index (χ1v) is 11.4. The molecule has 0 N–H and O–H groups in total. The van der Waals surface area contributed by atoms with Crippen LogP contribution >= 0.6 is 11.3 Å². The van der Waals surface area contributed by atoms with Crippen LogP contribution in [0.5, 0.6) is 0 Å². The Hall–Kier alpha value is -3.68. The zero-order valence-electron chi connectivity index (χ0n) is 16.8. The molecule has 0 saturated heterocycles. The number of rotatable bonds is 0. The molecule has 0 nitrogen and oxygen atoms in total. The maximum Gasteiger partial charge on any atom is 0.0362 e. The zero-order chi connectivity index (χ0) is 20.4. The van der Waals surface area contributed by atoms with Gasteiger partial charge in [-0.15, -0.1) is 11.3 Å². The van der Waals surface area contributed by atoms with Crippen LogP contribution in [0, 0.1) is 0 Å². The summed E-state index contributed by atoms with van der Waals surface area (Å²) < 4.78 is 2.70. The standard InChI is InChI=1S/C30H18S/c1-2-10-20-19(9-1)21-11-3-5-13-23(21)26-17-28-25-15-7-8-16-29(25)31-30(28)18-27(26)24-14-6-4-12-22(20)24/h1-18H. The summed E-state index contributed by atoms with van der Waals surface area (Å²) in [7, 11) is 0. The lowest BCUT2D eigenvalue weighted by molar-refractivity contribution is 1.54. The molecule has 1 aromatic heterocycles. The van der Waals surface area contributed by atoms with Crippen LogP contribution < -0.4 is 0 Å². The molecular weight excluding hydrogens is 392 g/mol. The number of fused-ring (bicyclic) bond motifs is 11. The summed E-state index contributed by atoms with van der Waals surface area (Å²) in [6, 6.07) is 40.1. The second-order valence-corrected chi connectivity index (χ2v) is 9.21. The number of hydrogen-bond donors (Lipinski definition) is 0. The minimum absolute atomic E-state index is 1.30. The second-order valence-electron chi connectivity index (χ2n) is 8.13. The van der Waals surface area contributed by atoms with Crippen molar-refractivity contribution in [3.05, 3.63) is 109 Å². The van der Waals surface area contributed by atoms with Crippen molar-refractivity contribution in [1.82, 2.24) is 0 Å². The zero-order valence-corrected chi connectivity index (χ0v) is 17.6. The lowest BCUT2D eigenvalue weighted by Crippen LogP contribution is -1.96. The van der Waals surface area contributed by atoms with Gasteiger partial charge in [0, 0.05) is 20.2 Å². The third-order valence-electron chi connectivity index (χ3n) is 6.46. The molecule has 6 aromatic rings. The summed E-state index contributed by atoms with van der Waals surface area (Å²) in [5.74, 6) is 0. The number of hydrogen-bond acceptors (Lipinski definition) is 1. The molecule has 0 amide bonds. The minimum Gasteiger partial charge on any atom is -0.135 e.